The number of Topliss-reactive ketones (excluding diaryl/α,β-unsaturated/α-hetero) is 1. The lowest BCUT2D eigenvalue weighted by Gasteiger charge is -2.08. The van der Waals surface area contributed by atoms with Gasteiger partial charge in [-0.15, -0.1) is 11.3 Å². The standard InChI is InChI=1S/C18H17NO2S/c1-12(2)16(20)11-13-3-5-14(6-4-13)21-17-7-9-19-15-8-10-22-18(15)17/h3-10,12H,11H2,1-2H3. The van der Waals surface area contributed by atoms with Gasteiger partial charge in [0.25, 0.3) is 0 Å². The van der Waals surface area contributed by atoms with E-state index in [9.17, 15) is 4.79 Å². The molecule has 3 aromatic rings. The van der Waals surface area contributed by atoms with Crippen LogP contribution in [0.2, 0.25) is 0 Å². The number of aromatic nitrogens is 1. The zero-order valence-electron chi connectivity index (χ0n) is 12.6. The van der Waals surface area contributed by atoms with Crippen molar-refractivity contribution in [3.8, 4) is 11.5 Å². The second kappa shape index (κ2) is 6.28. The lowest BCUT2D eigenvalue weighted by Crippen LogP contribution is -2.09. The Bertz CT molecular complexity index is 790. The molecule has 112 valence electrons. The average molecular weight is 311 g/mol. The van der Waals surface area contributed by atoms with Crippen LogP contribution in [0, 0.1) is 5.92 Å². The van der Waals surface area contributed by atoms with E-state index in [4.69, 9.17) is 4.74 Å². The van der Waals surface area contributed by atoms with Crippen molar-refractivity contribution >= 4 is 27.3 Å². The van der Waals surface area contributed by atoms with Crippen LogP contribution in [0.15, 0.2) is 48.0 Å². The molecule has 0 saturated carbocycles. The predicted octanol–water partition coefficient (Wildman–Crippen LogP) is 4.86. The Kier molecular flexibility index (Phi) is 4.20. The van der Waals surface area contributed by atoms with E-state index < -0.39 is 0 Å². The molecule has 22 heavy (non-hydrogen) atoms. The summed E-state index contributed by atoms with van der Waals surface area (Å²) in [7, 11) is 0. The Hall–Kier alpha value is -2.20. The third-order valence-corrected chi connectivity index (χ3v) is 4.40. The quantitative estimate of drug-likeness (QED) is 0.675. The van der Waals surface area contributed by atoms with E-state index in [1.807, 2.05) is 55.6 Å². The Morgan fingerprint density at radius 2 is 1.95 bits per heavy atom. The first-order valence-corrected chi connectivity index (χ1v) is 8.13. The summed E-state index contributed by atoms with van der Waals surface area (Å²) in [4.78, 5) is 16.1. The molecule has 0 N–H and O–H groups in total. The first-order chi connectivity index (χ1) is 10.6. The maximum absolute atomic E-state index is 11.8. The monoisotopic (exact) mass is 311 g/mol. The van der Waals surface area contributed by atoms with Gasteiger partial charge >= 0.3 is 0 Å². The number of thiophene rings is 1. The van der Waals surface area contributed by atoms with Gasteiger partial charge in [0.15, 0.2) is 0 Å². The molecular formula is C18H17NO2S. The summed E-state index contributed by atoms with van der Waals surface area (Å²) in [5, 5.41) is 2.01. The molecule has 0 radical (unpaired) electrons. The molecular weight excluding hydrogens is 294 g/mol. The summed E-state index contributed by atoms with van der Waals surface area (Å²) in [6.07, 6.45) is 2.22. The zero-order valence-corrected chi connectivity index (χ0v) is 13.4. The minimum atomic E-state index is 0.0693. The third kappa shape index (κ3) is 3.17. The van der Waals surface area contributed by atoms with Crippen LogP contribution in [0.25, 0.3) is 10.2 Å². The second-order valence-electron chi connectivity index (χ2n) is 5.49. The number of ether oxygens (including phenoxy) is 1. The van der Waals surface area contributed by atoms with E-state index in [0.717, 1.165) is 27.3 Å². The number of nitrogens with zero attached hydrogens (tertiary/aromatic N) is 1. The fraction of sp³-hybridized carbons (Fsp3) is 0.222. The van der Waals surface area contributed by atoms with Gasteiger partial charge in [-0.3, -0.25) is 9.78 Å². The molecule has 0 amide bonds. The lowest BCUT2D eigenvalue weighted by molar-refractivity contribution is -0.121. The Morgan fingerprint density at radius 1 is 1.18 bits per heavy atom. The van der Waals surface area contributed by atoms with Crippen molar-refractivity contribution in [2.45, 2.75) is 20.3 Å². The Morgan fingerprint density at radius 3 is 2.68 bits per heavy atom. The van der Waals surface area contributed by atoms with E-state index in [2.05, 4.69) is 4.98 Å². The number of ketones is 1. The summed E-state index contributed by atoms with van der Waals surface area (Å²) >= 11 is 1.62. The van der Waals surface area contributed by atoms with Gasteiger partial charge in [-0.1, -0.05) is 26.0 Å². The number of benzene rings is 1. The van der Waals surface area contributed by atoms with Gasteiger partial charge in [-0.05, 0) is 29.1 Å². The summed E-state index contributed by atoms with van der Waals surface area (Å²) in [5.74, 6) is 1.90. The predicted molar refractivity (Wildman–Crippen MR) is 89.7 cm³/mol. The van der Waals surface area contributed by atoms with Gasteiger partial charge < -0.3 is 4.74 Å². The van der Waals surface area contributed by atoms with Crippen molar-refractivity contribution in [1.29, 1.82) is 0 Å². The van der Waals surface area contributed by atoms with Crippen LogP contribution in [-0.2, 0) is 11.2 Å². The van der Waals surface area contributed by atoms with Gasteiger partial charge in [-0.25, -0.2) is 0 Å². The largest absolute Gasteiger partial charge is 0.456 e. The maximum Gasteiger partial charge on any atom is 0.148 e. The Labute approximate surface area is 133 Å². The highest BCUT2D eigenvalue weighted by Gasteiger charge is 2.09. The molecule has 2 aromatic heterocycles. The van der Waals surface area contributed by atoms with Crippen molar-refractivity contribution in [1.82, 2.24) is 4.98 Å². The number of hydrogen-bond donors (Lipinski definition) is 0. The smallest absolute Gasteiger partial charge is 0.148 e. The van der Waals surface area contributed by atoms with Crippen molar-refractivity contribution in [3.05, 3.63) is 53.5 Å². The highest BCUT2D eigenvalue weighted by molar-refractivity contribution is 7.17. The number of carbonyl (C=O) groups excluding carboxylic acids is 1. The molecule has 0 aliphatic heterocycles. The van der Waals surface area contributed by atoms with E-state index in [1.165, 1.54) is 0 Å². The van der Waals surface area contributed by atoms with Gasteiger partial charge in [-0.2, -0.15) is 0 Å². The van der Waals surface area contributed by atoms with Crippen LogP contribution < -0.4 is 4.74 Å². The summed E-state index contributed by atoms with van der Waals surface area (Å²) < 4.78 is 6.99. The number of hydrogen-bond acceptors (Lipinski definition) is 4. The molecule has 0 atom stereocenters. The van der Waals surface area contributed by atoms with E-state index in [-0.39, 0.29) is 11.7 Å². The molecule has 0 unspecified atom stereocenters. The molecule has 3 rings (SSSR count). The molecule has 0 bridgehead atoms. The molecule has 1 aromatic carbocycles. The first kappa shape index (κ1) is 14.7. The van der Waals surface area contributed by atoms with Crippen molar-refractivity contribution < 1.29 is 9.53 Å². The highest BCUT2D eigenvalue weighted by Crippen LogP contribution is 2.32. The molecule has 0 fully saturated rings. The van der Waals surface area contributed by atoms with Gasteiger partial charge in [0.2, 0.25) is 0 Å². The van der Waals surface area contributed by atoms with Crippen LogP contribution in [0.4, 0.5) is 0 Å². The van der Waals surface area contributed by atoms with E-state index >= 15 is 0 Å². The average Bonchev–Trinajstić information content (AvgIpc) is 2.98. The summed E-state index contributed by atoms with van der Waals surface area (Å²) in [6.45, 7) is 3.85. The third-order valence-electron chi connectivity index (χ3n) is 3.48. The van der Waals surface area contributed by atoms with E-state index in [1.54, 1.807) is 17.5 Å². The molecule has 0 aliphatic rings. The highest BCUT2D eigenvalue weighted by atomic mass is 32.1. The molecule has 0 saturated heterocycles. The fourth-order valence-corrected chi connectivity index (χ4v) is 2.94. The minimum absolute atomic E-state index is 0.0693. The van der Waals surface area contributed by atoms with Crippen LogP contribution >= 0.6 is 11.3 Å². The number of carbonyl (C=O) groups is 1. The van der Waals surface area contributed by atoms with Crippen LogP contribution in [0.5, 0.6) is 11.5 Å². The topological polar surface area (TPSA) is 39.2 Å². The Balaban J connectivity index is 1.76. The zero-order chi connectivity index (χ0) is 15.5. The van der Waals surface area contributed by atoms with E-state index in [0.29, 0.717) is 6.42 Å². The number of pyridine rings is 1. The molecule has 3 nitrogen and oxygen atoms in total. The first-order valence-electron chi connectivity index (χ1n) is 7.25. The molecule has 0 aliphatic carbocycles. The molecule has 4 heteroatoms. The minimum Gasteiger partial charge on any atom is -0.456 e. The maximum atomic E-state index is 11.8. The number of fused-ring (bicyclic) bond motifs is 1. The molecule has 2 heterocycles. The van der Waals surface area contributed by atoms with Gasteiger partial charge in [0, 0.05) is 24.6 Å². The normalized spacial score (nSPS) is 11.0. The van der Waals surface area contributed by atoms with Gasteiger partial charge in [0.05, 0.1) is 10.2 Å². The van der Waals surface area contributed by atoms with Crippen LogP contribution in [0.3, 0.4) is 0 Å². The van der Waals surface area contributed by atoms with Crippen LogP contribution in [-0.4, -0.2) is 10.8 Å². The fourth-order valence-electron chi connectivity index (χ4n) is 2.14. The number of rotatable bonds is 5. The SMILES string of the molecule is CC(C)C(=O)Cc1ccc(Oc2ccnc3ccsc23)cc1. The van der Waals surface area contributed by atoms with Crippen molar-refractivity contribution in [2.24, 2.45) is 5.92 Å². The molecule has 0 spiro atoms. The van der Waals surface area contributed by atoms with Crippen molar-refractivity contribution in [3.63, 3.8) is 0 Å². The lowest BCUT2D eigenvalue weighted by atomic mass is 10.0. The summed E-state index contributed by atoms with van der Waals surface area (Å²) in [5.41, 5.74) is 1.96. The van der Waals surface area contributed by atoms with Gasteiger partial charge in [0.1, 0.15) is 17.3 Å². The summed E-state index contributed by atoms with van der Waals surface area (Å²) in [6, 6.07) is 11.6. The second-order valence-corrected chi connectivity index (χ2v) is 6.40. The van der Waals surface area contributed by atoms with Crippen molar-refractivity contribution in [2.75, 3.05) is 0 Å². The van der Waals surface area contributed by atoms with Crippen LogP contribution in [0.1, 0.15) is 19.4 Å².